The van der Waals surface area contributed by atoms with E-state index in [2.05, 4.69) is 10.6 Å². The molecule has 0 aliphatic carbocycles. The van der Waals surface area contributed by atoms with Gasteiger partial charge in [0.25, 0.3) is 5.69 Å². The van der Waals surface area contributed by atoms with Crippen molar-refractivity contribution in [2.24, 2.45) is 0 Å². The molecule has 1 unspecified atom stereocenters. The number of nitro groups is 1. The maximum atomic E-state index is 11.8. The Kier molecular flexibility index (Phi) is 6.66. The molecule has 0 aliphatic heterocycles. The maximum Gasteiger partial charge on any atom is 0.413 e. The number of ketones is 1. The lowest BCUT2D eigenvalue weighted by molar-refractivity contribution is -0.384. The fraction of sp³-hybridized carbons (Fsp3) is 0.357. The Bertz CT molecular complexity index is 599. The summed E-state index contributed by atoms with van der Waals surface area (Å²) in [5, 5.41) is 15.2. The van der Waals surface area contributed by atoms with E-state index in [1.807, 2.05) is 0 Å². The Morgan fingerprint density at radius 3 is 2.35 bits per heavy atom. The molecule has 2 amide bonds. The highest BCUT2D eigenvalue weighted by Crippen LogP contribution is 2.17. The van der Waals surface area contributed by atoms with E-state index in [0.717, 1.165) is 0 Å². The molecule has 9 nitrogen and oxygen atoms in total. The van der Waals surface area contributed by atoms with Crippen molar-refractivity contribution in [1.29, 1.82) is 0 Å². The molecule has 0 radical (unpaired) electrons. The first-order valence-electron chi connectivity index (χ1n) is 6.83. The van der Waals surface area contributed by atoms with Crippen LogP contribution in [-0.2, 0) is 9.59 Å². The van der Waals surface area contributed by atoms with Crippen LogP contribution in [0.1, 0.15) is 19.8 Å². The number of nitrogens with zero attached hydrogens (tertiary/aromatic N) is 1. The lowest BCUT2D eigenvalue weighted by Gasteiger charge is -2.16. The second-order valence-corrected chi connectivity index (χ2v) is 4.53. The minimum Gasteiger partial charge on any atom is -0.410 e. The molecule has 1 rings (SSSR count). The minimum atomic E-state index is -0.995. The number of carbonyl (C=O) groups is 3. The molecule has 23 heavy (non-hydrogen) atoms. The number of amides is 2. The molecule has 0 fully saturated rings. The summed E-state index contributed by atoms with van der Waals surface area (Å²) in [6.45, 7) is 1.61. The molecule has 0 heterocycles. The van der Waals surface area contributed by atoms with Crippen molar-refractivity contribution in [3.05, 3.63) is 34.4 Å². The average molecular weight is 323 g/mol. The molecule has 124 valence electrons. The van der Waals surface area contributed by atoms with E-state index in [-0.39, 0.29) is 30.1 Å². The number of hydrogen-bond acceptors (Lipinski definition) is 6. The lowest BCUT2D eigenvalue weighted by Crippen LogP contribution is -2.44. The van der Waals surface area contributed by atoms with Crippen LogP contribution in [0.2, 0.25) is 0 Å². The van der Waals surface area contributed by atoms with Gasteiger partial charge in [-0.1, -0.05) is 6.92 Å². The normalized spacial score (nSPS) is 11.2. The molecule has 1 aromatic rings. The first-order valence-corrected chi connectivity index (χ1v) is 6.83. The number of nitro benzene ring substituents is 1. The van der Waals surface area contributed by atoms with Gasteiger partial charge < -0.3 is 15.4 Å². The quantitative estimate of drug-likeness (QED) is 0.572. The van der Waals surface area contributed by atoms with E-state index in [0.29, 0.717) is 0 Å². The zero-order chi connectivity index (χ0) is 17.4. The summed E-state index contributed by atoms with van der Waals surface area (Å²) in [6.07, 6.45) is -0.965. The molecular weight excluding hydrogens is 306 g/mol. The molecule has 0 saturated heterocycles. The van der Waals surface area contributed by atoms with Gasteiger partial charge in [0.15, 0.2) is 5.78 Å². The predicted octanol–water partition coefficient (Wildman–Crippen LogP) is 1.17. The fourth-order valence-corrected chi connectivity index (χ4v) is 1.69. The van der Waals surface area contributed by atoms with E-state index < -0.39 is 23.0 Å². The van der Waals surface area contributed by atoms with Gasteiger partial charge >= 0.3 is 6.09 Å². The summed E-state index contributed by atoms with van der Waals surface area (Å²) in [5.74, 6) is -0.627. The van der Waals surface area contributed by atoms with E-state index in [9.17, 15) is 24.5 Å². The first kappa shape index (κ1) is 18.1. The maximum absolute atomic E-state index is 11.8. The predicted molar refractivity (Wildman–Crippen MR) is 80.0 cm³/mol. The fourth-order valence-electron chi connectivity index (χ4n) is 1.69. The minimum absolute atomic E-state index is 0.0794. The van der Waals surface area contributed by atoms with Crippen LogP contribution < -0.4 is 15.4 Å². The Labute approximate surface area is 132 Å². The molecule has 1 aromatic carbocycles. The Hall–Kier alpha value is -2.97. The molecule has 1 atom stereocenters. The van der Waals surface area contributed by atoms with Gasteiger partial charge in [0.05, 0.1) is 17.4 Å². The lowest BCUT2D eigenvalue weighted by atomic mass is 10.1. The van der Waals surface area contributed by atoms with Crippen LogP contribution in [-0.4, -0.2) is 35.8 Å². The average Bonchev–Trinajstić information content (AvgIpc) is 2.53. The molecule has 2 N–H and O–H groups in total. The Morgan fingerprint density at radius 1 is 1.26 bits per heavy atom. The number of Topliss-reactive ketones (excluding diaryl/α,β-unsaturated/α-hetero) is 1. The second-order valence-electron chi connectivity index (χ2n) is 4.53. The number of benzene rings is 1. The standard InChI is InChI=1S/C14H17N3O6/c1-3-12(18)11(8-13(19)15-2)16-14(20)23-10-6-4-9(5-7-10)17(21)22/h4-7,11H,3,8H2,1-2H3,(H,15,19)(H,16,20). The Morgan fingerprint density at radius 2 is 1.87 bits per heavy atom. The summed E-state index contributed by atoms with van der Waals surface area (Å²) in [7, 11) is 1.42. The molecule has 0 spiro atoms. The van der Waals surface area contributed by atoms with Crippen LogP contribution in [0.4, 0.5) is 10.5 Å². The molecule has 0 aliphatic rings. The third-order valence-electron chi connectivity index (χ3n) is 2.96. The number of carbonyl (C=O) groups excluding carboxylic acids is 3. The number of rotatable bonds is 7. The third kappa shape index (κ3) is 5.73. The topological polar surface area (TPSA) is 128 Å². The zero-order valence-electron chi connectivity index (χ0n) is 12.7. The second kappa shape index (κ2) is 8.47. The van der Waals surface area contributed by atoms with Gasteiger partial charge in [-0.05, 0) is 12.1 Å². The third-order valence-corrected chi connectivity index (χ3v) is 2.96. The van der Waals surface area contributed by atoms with Crippen molar-refractivity contribution < 1.29 is 24.0 Å². The van der Waals surface area contributed by atoms with Crippen LogP contribution >= 0.6 is 0 Å². The molecular formula is C14H17N3O6. The number of non-ortho nitro benzene ring substituents is 1. The van der Waals surface area contributed by atoms with E-state index >= 15 is 0 Å². The molecule has 0 saturated carbocycles. The first-order chi connectivity index (χ1) is 10.9. The molecule has 0 aromatic heterocycles. The van der Waals surface area contributed by atoms with Crippen molar-refractivity contribution in [3.63, 3.8) is 0 Å². The monoisotopic (exact) mass is 323 g/mol. The van der Waals surface area contributed by atoms with Crippen molar-refractivity contribution in [3.8, 4) is 5.75 Å². The number of hydrogen-bond donors (Lipinski definition) is 2. The summed E-state index contributed by atoms with van der Waals surface area (Å²) >= 11 is 0. The zero-order valence-corrected chi connectivity index (χ0v) is 12.7. The van der Waals surface area contributed by atoms with E-state index in [1.54, 1.807) is 6.92 Å². The van der Waals surface area contributed by atoms with Crippen molar-refractivity contribution in [2.75, 3.05) is 7.05 Å². The van der Waals surface area contributed by atoms with Gasteiger partial charge in [0, 0.05) is 25.6 Å². The smallest absolute Gasteiger partial charge is 0.410 e. The van der Waals surface area contributed by atoms with Gasteiger partial charge in [-0.3, -0.25) is 19.7 Å². The van der Waals surface area contributed by atoms with Gasteiger partial charge in [0.1, 0.15) is 5.75 Å². The van der Waals surface area contributed by atoms with Crippen molar-refractivity contribution in [1.82, 2.24) is 10.6 Å². The van der Waals surface area contributed by atoms with E-state index in [1.165, 1.54) is 31.3 Å². The summed E-state index contributed by atoms with van der Waals surface area (Å²) in [4.78, 5) is 44.8. The highest BCUT2D eigenvalue weighted by atomic mass is 16.6. The number of nitrogens with one attached hydrogen (secondary N) is 2. The summed E-state index contributed by atoms with van der Waals surface area (Å²) in [6, 6.07) is 3.88. The highest BCUT2D eigenvalue weighted by molar-refractivity contribution is 5.92. The SMILES string of the molecule is CCC(=O)C(CC(=O)NC)NC(=O)Oc1ccc([N+](=O)[O-])cc1. The van der Waals surface area contributed by atoms with Crippen LogP contribution in [0.5, 0.6) is 5.75 Å². The summed E-state index contributed by atoms with van der Waals surface area (Å²) < 4.78 is 4.93. The Balaban J connectivity index is 2.69. The van der Waals surface area contributed by atoms with Crippen LogP contribution in [0, 0.1) is 10.1 Å². The van der Waals surface area contributed by atoms with Gasteiger partial charge in [-0.25, -0.2) is 4.79 Å². The van der Waals surface area contributed by atoms with Crippen molar-refractivity contribution in [2.45, 2.75) is 25.8 Å². The highest BCUT2D eigenvalue weighted by Gasteiger charge is 2.23. The van der Waals surface area contributed by atoms with Crippen LogP contribution in [0.25, 0.3) is 0 Å². The van der Waals surface area contributed by atoms with E-state index in [4.69, 9.17) is 4.74 Å². The summed E-state index contributed by atoms with van der Waals surface area (Å²) in [5.41, 5.74) is -0.142. The molecule has 0 bridgehead atoms. The van der Waals surface area contributed by atoms with Crippen LogP contribution in [0.3, 0.4) is 0 Å². The van der Waals surface area contributed by atoms with Crippen molar-refractivity contribution >= 4 is 23.5 Å². The number of ether oxygens (including phenoxy) is 1. The molecule has 9 heteroatoms. The van der Waals surface area contributed by atoms with Gasteiger partial charge in [-0.2, -0.15) is 0 Å². The van der Waals surface area contributed by atoms with Gasteiger partial charge in [-0.15, -0.1) is 0 Å². The van der Waals surface area contributed by atoms with Crippen LogP contribution in [0.15, 0.2) is 24.3 Å². The largest absolute Gasteiger partial charge is 0.413 e. The van der Waals surface area contributed by atoms with Gasteiger partial charge in [0.2, 0.25) is 5.91 Å².